The van der Waals surface area contributed by atoms with Gasteiger partial charge in [-0.05, 0) is 30.3 Å². The average molecular weight is 429 g/mol. The first-order valence-electron chi connectivity index (χ1n) is 9.06. The van der Waals surface area contributed by atoms with Gasteiger partial charge in [-0.3, -0.25) is 0 Å². The van der Waals surface area contributed by atoms with E-state index in [4.69, 9.17) is 4.74 Å². The predicted octanol–water partition coefficient (Wildman–Crippen LogP) is 3.38. The molecular weight excluding hydrogens is 406 g/mol. The Hall–Kier alpha value is -2.64. The molecule has 0 unspecified atom stereocenters. The molecule has 3 rings (SSSR count). The van der Waals surface area contributed by atoms with Crippen molar-refractivity contribution in [3.63, 3.8) is 0 Å². The van der Waals surface area contributed by atoms with Crippen LogP contribution in [0, 0.1) is 0 Å². The normalized spacial score (nSPS) is 11.2. The minimum Gasteiger partial charge on any atom is -0.465 e. The molecule has 0 saturated heterocycles. The molecule has 29 heavy (non-hydrogen) atoms. The van der Waals surface area contributed by atoms with Crippen LogP contribution in [0.25, 0.3) is 0 Å². The number of pyridine rings is 1. The fraction of sp³-hybridized carbons (Fsp3) is 0.182. The number of thioether (sulfide) groups is 1. The summed E-state index contributed by atoms with van der Waals surface area (Å²) in [6.45, 7) is 0.621. The van der Waals surface area contributed by atoms with Crippen LogP contribution in [0.3, 0.4) is 0 Å². The molecular formula is C22H22NO4S2+. The molecule has 5 nitrogen and oxygen atoms in total. The molecule has 3 aromatic rings. The third-order valence-corrected chi connectivity index (χ3v) is 7.40. The van der Waals surface area contributed by atoms with Crippen LogP contribution in [-0.4, -0.2) is 33.0 Å². The molecule has 1 aromatic heterocycles. The lowest BCUT2D eigenvalue weighted by atomic mass is 10.1. The highest BCUT2D eigenvalue weighted by molar-refractivity contribution is 8.00. The molecule has 0 aliphatic heterocycles. The van der Waals surface area contributed by atoms with Crippen LogP contribution in [0.5, 0.6) is 0 Å². The number of carbonyl (C=O) groups is 1. The fourth-order valence-electron chi connectivity index (χ4n) is 2.78. The zero-order valence-corrected chi connectivity index (χ0v) is 17.7. The van der Waals surface area contributed by atoms with Crippen molar-refractivity contribution >= 4 is 27.6 Å². The number of benzene rings is 2. The average Bonchev–Trinajstić information content (AvgIpc) is 2.75. The van der Waals surface area contributed by atoms with Crippen LogP contribution in [0.15, 0.2) is 88.9 Å². The van der Waals surface area contributed by atoms with E-state index in [9.17, 15) is 13.2 Å². The molecule has 7 heteroatoms. The van der Waals surface area contributed by atoms with Crippen molar-refractivity contribution < 1.29 is 22.5 Å². The van der Waals surface area contributed by atoms with E-state index in [-0.39, 0.29) is 11.7 Å². The van der Waals surface area contributed by atoms with Gasteiger partial charge in [0.15, 0.2) is 22.6 Å². The van der Waals surface area contributed by atoms with Crippen molar-refractivity contribution in [1.82, 2.24) is 0 Å². The van der Waals surface area contributed by atoms with Crippen molar-refractivity contribution in [3.8, 4) is 0 Å². The first-order chi connectivity index (χ1) is 14.0. The van der Waals surface area contributed by atoms with Gasteiger partial charge in [0.25, 0.3) is 0 Å². The second-order valence-electron chi connectivity index (χ2n) is 6.34. The largest absolute Gasteiger partial charge is 0.465 e. The van der Waals surface area contributed by atoms with E-state index >= 15 is 0 Å². The number of hydrogen-bond donors (Lipinski definition) is 0. The zero-order valence-electron chi connectivity index (χ0n) is 16.0. The quantitative estimate of drug-likeness (QED) is 0.313. The van der Waals surface area contributed by atoms with Gasteiger partial charge in [0, 0.05) is 23.4 Å². The van der Waals surface area contributed by atoms with Crippen molar-refractivity contribution in [1.29, 1.82) is 0 Å². The second-order valence-corrected chi connectivity index (χ2v) is 9.56. The summed E-state index contributed by atoms with van der Waals surface area (Å²) in [6.07, 6.45) is 1.96. The molecule has 0 radical (unpaired) electrons. The second kappa shape index (κ2) is 9.71. The maximum Gasteiger partial charge on any atom is 0.337 e. The van der Waals surface area contributed by atoms with Crippen LogP contribution in [0.1, 0.15) is 15.9 Å². The number of ether oxygens (including phenoxy) is 1. The molecule has 0 atom stereocenters. The summed E-state index contributed by atoms with van der Waals surface area (Å²) in [6, 6.07) is 21.6. The zero-order chi connectivity index (χ0) is 20.7. The lowest BCUT2D eigenvalue weighted by Crippen LogP contribution is -2.36. The number of methoxy groups -OCH3 is 1. The number of carbonyl (C=O) groups excluding carboxylic acids is 1. The standard InChI is InChI=1S/C22H22NO4S2/c1-27-22(24)19-12-10-18(11-13-19)17-23-14-6-5-9-21(23)28-15-16-29(25,26)20-7-3-2-4-8-20/h2-14H,15-17H2,1H3/q+1. The van der Waals surface area contributed by atoms with Crippen LogP contribution in [0.2, 0.25) is 0 Å². The molecule has 0 spiro atoms. The summed E-state index contributed by atoms with van der Waals surface area (Å²) in [5.41, 5.74) is 1.54. The Kier molecular flexibility index (Phi) is 7.06. The van der Waals surface area contributed by atoms with E-state index in [1.807, 2.05) is 36.5 Å². The minimum atomic E-state index is -3.29. The summed E-state index contributed by atoms with van der Waals surface area (Å²) in [4.78, 5) is 11.9. The van der Waals surface area contributed by atoms with Gasteiger partial charge in [-0.1, -0.05) is 42.1 Å². The number of hydrogen-bond acceptors (Lipinski definition) is 5. The molecule has 1 heterocycles. The molecule has 0 saturated carbocycles. The third-order valence-electron chi connectivity index (χ3n) is 4.33. The van der Waals surface area contributed by atoms with Gasteiger partial charge in [0.1, 0.15) is 0 Å². The molecule has 0 bridgehead atoms. The Bertz CT molecular complexity index is 1070. The molecule has 0 aliphatic carbocycles. The summed E-state index contributed by atoms with van der Waals surface area (Å²) in [5.74, 6) is 0.173. The number of aromatic nitrogens is 1. The van der Waals surface area contributed by atoms with Gasteiger partial charge in [-0.2, -0.15) is 4.57 Å². The van der Waals surface area contributed by atoms with Crippen LogP contribution in [-0.2, 0) is 21.1 Å². The highest BCUT2D eigenvalue weighted by atomic mass is 32.2. The monoisotopic (exact) mass is 428 g/mol. The summed E-state index contributed by atoms with van der Waals surface area (Å²) >= 11 is 1.51. The maximum atomic E-state index is 12.5. The van der Waals surface area contributed by atoms with Crippen molar-refractivity contribution in [3.05, 3.63) is 90.1 Å². The Morgan fingerprint density at radius 2 is 1.66 bits per heavy atom. The molecule has 0 fully saturated rings. The predicted molar refractivity (Wildman–Crippen MR) is 113 cm³/mol. The van der Waals surface area contributed by atoms with E-state index in [0.29, 0.717) is 22.8 Å². The Morgan fingerprint density at radius 1 is 0.966 bits per heavy atom. The van der Waals surface area contributed by atoms with Gasteiger partial charge in [-0.15, -0.1) is 0 Å². The Balaban J connectivity index is 1.65. The number of esters is 1. The number of nitrogens with zero attached hydrogens (tertiary/aromatic N) is 1. The Morgan fingerprint density at radius 3 is 2.34 bits per heavy atom. The van der Waals surface area contributed by atoms with Gasteiger partial charge in [0.2, 0.25) is 5.03 Å². The summed E-state index contributed by atoms with van der Waals surface area (Å²) in [5, 5.41) is 0.979. The van der Waals surface area contributed by atoms with E-state index in [1.54, 1.807) is 42.5 Å². The smallest absolute Gasteiger partial charge is 0.337 e. The lowest BCUT2D eigenvalue weighted by Gasteiger charge is -2.06. The van der Waals surface area contributed by atoms with E-state index < -0.39 is 9.84 Å². The van der Waals surface area contributed by atoms with Crippen LogP contribution >= 0.6 is 11.8 Å². The molecule has 0 aliphatic rings. The maximum absolute atomic E-state index is 12.5. The number of sulfone groups is 1. The highest BCUT2D eigenvalue weighted by Crippen LogP contribution is 2.17. The molecule has 150 valence electrons. The van der Waals surface area contributed by atoms with Crippen LogP contribution < -0.4 is 4.57 Å². The minimum absolute atomic E-state index is 0.0738. The van der Waals surface area contributed by atoms with Crippen molar-refractivity contribution in [2.24, 2.45) is 0 Å². The molecule has 0 N–H and O–H groups in total. The SMILES string of the molecule is COC(=O)c1ccc(C[n+]2ccccc2SCCS(=O)(=O)c2ccccc2)cc1. The van der Waals surface area contributed by atoms with Gasteiger partial charge < -0.3 is 4.74 Å². The first-order valence-corrected chi connectivity index (χ1v) is 11.7. The van der Waals surface area contributed by atoms with Crippen molar-refractivity contribution in [2.75, 3.05) is 18.6 Å². The summed E-state index contributed by atoms with van der Waals surface area (Å²) < 4.78 is 31.7. The molecule has 2 aromatic carbocycles. The van der Waals surface area contributed by atoms with Crippen LogP contribution in [0.4, 0.5) is 0 Å². The highest BCUT2D eigenvalue weighted by Gasteiger charge is 2.17. The topological polar surface area (TPSA) is 64.3 Å². The summed E-state index contributed by atoms with van der Waals surface area (Å²) in [7, 11) is -1.93. The molecule has 0 amide bonds. The Labute approximate surface area is 175 Å². The fourth-order valence-corrected chi connectivity index (χ4v) is 5.48. The third kappa shape index (κ3) is 5.68. The first kappa shape index (κ1) is 21.1. The number of rotatable bonds is 8. The van der Waals surface area contributed by atoms with E-state index in [2.05, 4.69) is 4.57 Å². The van der Waals surface area contributed by atoms with Gasteiger partial charge >= 0.3 is 5.97 Å². The lowest BCUT2D eigenvalue weighted by molar-refractivity contribution is -0.724. The van der Waals surface area contributed by atoms with E-state index in [0.717, 1.165) is 10.6 Å². The van der Waals surface area contributed by atoms with Crippen molar-refractivity contribution in [2.45, 2.75) is 16.5 Å². The van der Waals surface area contributed by atoms with E-state index in [1.165, 1.54) is 18.9 Å². The van der Waals surface area contributed by atoms with Gasteiger partial charge in [0.05, 0.1) is 23.3 Å². The van der Waals surface area contributed by atoms with Gasteiger partial charge in [-0.25, -0.2) is 13.2 Å².